The Hall–Kier alpha value is -2.35. The highest BCUT2D eigenvalue weighted by Gasteiger charge is 2.54. The molecule has 0 aliphatic heterocycles. The Balaban J connectivity index is 1.29. The number of carbonyl (C=O) groups excluding carboxylic acids is 2. The van der Waals surface area contributed by atoms with Gasteiger partial charge in [0, 0.05) is 5.41 Å². The van der Waals surface area contributed by atoms with Crippen molar-refractivity contribution in [2.45, 2.75) is 38.5 Å². The molecule has 0 spiro atoms. The van der Waals surface area contributed by atoms with Crippen LogP contribution in [0.15, 0.2) is 24.3 Å². The van der Waals surface area contributed by atoms with E-state index in [9.17, 15) is 9.59 Å². The Bertz CT molecular complexity index is 728. The Morgan fingerprint density at radius 1 is 1.04 bits per heavy atom. The van der Waals surface area contributed by atoms with Crippen LogP contribution in [-0.4, -0.2) is 25.0 Å². The van der Waals surface area contributed by atoms with Gasteiger partial charge in [0.05, 0.1) is 5.56 Å². The molecule has 0 heterocycles. The highest BCUT2D eigenvalue weighted by atomic mass is 16.6. The molecule has 1 aromatic rings. The van der Waals surface area contributed by atoms with Gasteiger partial charge >= 0.3 is 5.97 Å². The fourth-order valence-corrected chi connectivity index (χ4v) is 5.61. The van der Waals surface area contributed by atoms with E-state index in [0.717, 1.165) is 19.3 Å². The summed E-state index contributed by atoms with van der Waals surface area (Å²) in [5.74, 6) is 1.92. The maximum absolute atomic E-state index is 12.8. The summed E-state index contributed by atoms with van der Waals surface area (Å²) < 4.78 is 10.6. The predicted molar refractivity (Wildman–Crippen MR) is 93.2 cm³/mol. The van der Waals surface area contributed by atoms with Crippen molar-refractivity contribution in [3.05, 3.63) is 29.8 Å². The first kappa shape index (κ1) is 17.1. The zero-order chi connectivity index (χ0) is 18.1. The molecule has 136 valence electrons. The molecule has 4 saturated carbocycles. The molecule has 0 saturated heterocycles. The van der Waals surface area contributed by atoms with Gasteiger partial charge in [0.15, 0.2) is 19.0 Å². The van der Waals surface area contributed by atoms with Gasteiger partial charge in [-0.25, -0.2) is 4.79 Å². The second-order valence-electron chi connectivity index (χ2n) is 8.18. The van der Waals surface area contributed by atoms with Gasteiger partial charge in [-0.05, 0) is 68.4 Å². The molecule has 4 aliphatic rings. The minimum absolute atomic E-state index is 0.0855. The van der Waals surface area contributed by atoms with Crippen LogP contribution in [0.1, 0.15) is 44.1 Å². The summed E-state index contributed by atoms with van der Waals surface area (Å²) in [6.07, 6.45) is 6.75. The average molecular weight is 353 g/mol. The number of hydrogen-bond donors (Lipinski definition) is 0. The normalized spacial score (nSPS) is 31.3. The molecule has 5 heteroatoms. The van der Waals surface area contributed by atoms with Crippen LogP contribution >= 0.6 is 0 Å². The molecule has 4 bridgehead atoms. The first-order chi connectivity index (χ1) is 12.6. The molecule has 1 aromatic carbocycles. The van der Waals surface area contributed by atoms with E-state index in [0.29, 0.717) is 29.1 Å². The maximum atomic E-state index is 12.8. The van der Waals surface area contributed by atoms with Crippen molar-refractivity contribution in [1.29, 1.82) is 5.26 Å². The second-order valence-corrected chi connectivity index (χ2v) is 8.18. The number of ketones is 1. The van der Waals surface area contributed by atoms with E-state index in [1.807, 2.05) is 6.07 Å². The van der Waals surface area contributed by atoms with Crippen molar-refractivity contribution >= 4 is 11.8 Å². The number of Topliss-reactive ketones (excluding diaryl/α,β-unsaturated/α-hetero) is 1. The smallest absolute Gasteiger partial charge is 0.344 e. The number of nitriles is 1. The molecule has 4 fully saturated rings. The van der Waals surface area contributed by atoms with Crippen molar-refractivity contribution in [3.63, 3.8) is 0 Å². The van der Waals surface area contributed by atoms with E-state index in [1.54, 1.807) is 24.3 Å². The third kappa shape index (κ3) is 3.21. The van der Waals surface area contributed by atoms with Crippen LogP contribution in [0, 0.1) is 34.5 Å². The quantitative estimate of drug-likeness (QED) is 0.734. The highest BCUT2D eigenvalue weighted by Crippen LogP contribution is 2.60. The van der Waals surface area contributed by atoms with E-state index in [4.69, 9.17) is 14.7 Å². The van der Waals surface area contributed by atoms with Crippen molar-refractivity contribution in [2.75, 3.05) is 13.2 Å². The van der Waals surface area contributed by atoms with E-state index in [1.165, 1.54) is 19.3 Å². The van der Waals surface area contributed by atoms with Crippen LogP contribution in [0.25, 0.3) is 0 Å². The third-order valence-corrected chi connectivity index (χ3v) is 6.35. The number of para-hydroxylation sites is 1. The van der Waals surface area contributed by atoms with Crippen molar-refractivity contribution in [3.8, 4) is 11.8 Å². The lowest BCUT2D eigenvalue weighted by Gasteiger charge is -2.55. The number of benzene rings is 1. The lowest BCUT2D eigenvalue weighted by molar-refractivity contribution is -0.158. The molecule has 0 N–H and O–H groups in total. The van der Waals surface area contributed by atoms with Gasteiger partial charge in [0.25, 0.3) is 0 Å². The molecule has 0 amide bonds. The number of nitrogens with zero attached hydrogens (tertiary/aromatic N) is 1. The fraction of sp³-hybridized carbons (Fsp3) is 0.571. The largest absolute Gasteiger partial charge is 0.481 e. The number of carbonyl (C=O) groups is 2. The fourth-order valence-electron chi connectivity index (χ4n) is 5.61. The van der Waals surface area contributed by atoms with Crippen LogP contribution in [0.2, 0.25) is 0 Å². The summed E-state index contributed by atoms with van der Waals surface area (Å²) in [5.41, 5.74) is 0.119. The predicted octanol–water partition coefficient (Wildman–Crippen LogP) is 3.27. The number of hydrogen-bond acceptors (Lipinski definition) is 5. The summed E-state index contributed by atoms with van der Waals surface area (Å²) in [7, 11) is 0. The van der Waals surface area contributed by atoms with Crippen molar-refractivity contribution in [2.24, 2.45) is 23.2 Å². The molecule has 0 unspecified atom stereocenters. The molecule has 0 atom stereocenters. The third-order valence-electron chi connectivity index (χ3n) is 6.35. The first-order valence-electron chi connectivity index (χ1n) is 9.39. The summed E-state index contributed by atoms with van der Waals surface area (Å²) in [5, 5.41) is 9.02. The number of esters is 1. The Morgan fingerprint density at radius 2 is 1.65 bits per heavy atom. The number of ether oxygens (including phenoxy) is 2. The van der Waals surface area contributed by atoms with E-state index in [2.05, 4.69) is 0 Å². The van der Waals surface area contributed by atoms with E-state index >= 15 is 0 Å². The van der Waals surface area contributed by atoms with E-state index in [-0.39, 0.29) is 24.4 Å². The lowest BCUT2D eigenvalue weighted by Crippen LogP contribution is -2.51. The van der Waals surface area contributed by atoms with Gasteiger partial charge < -0.3 is 9.47 Å². The second kappa shape index (κ2) is 6.75. The zero-order valence-electron chi connectivity index (χ0n) is 14.8. The van der Waals surface area contributed by atoms with Crippen molar-refractivity contribution in [1.82, 2.24) is 0 Å². The van der Waals surface area contributed by atoms with Crippen LogP contribution < -0.4 is 4.74 Å². The van der Waals surface area contributed by atoms with Gasteiger partial charge in [-0.1, -0.05) is 12.1 Å². The van der Waals surface area contributed by atoms with Gasteiger partial charge in [-0.3, -0.25) is 4.79 Å². The van der Waals surface area contributed by atoms with Crippen LogP contribution in [0.5, 0.6) is 5.75 Å². The van der Waals surface area contributed by atoms with Crippen molar-refractivity contribution < 1.29 is 19.1 Å². The topological polar surface area (TPSA) is 76.4 Å². The lowest BCUT2D eigenvalue weighted by atomic mass is 9.48. The molecule has 5 nitrogen and oxygen atoms in total. The molecule has 0 aromatic heterocycles. The van der Waals surface area contributed by atoms with Gasteiger partial charge in [0.1, 0.15) is 11.8 Å². The van der Waals surface area contributed by atoms with Crippen LogP contribution in [0.3, 0.4) is 0 Å². The SMILES string of the molecule is N#Cc1ccccc1OCC(=O)OCC(=O)C12CC3CC(CC(C3)C1)C2. The average Bonchev–Trinajstić information content (AvgIpc) is 2.63. The highest BCUT2D eigenvalue weighted by molar-refractivity contribution is 5.88. The Morgan fingerprint density at radius 3 is 2.27 bits per heavy atom. The Kier molecular flexibility index (Phi) is 4.44. The first-order valence-corrected chi connectivity index (χ1v) is 9.39. The van der Waals surface area contributed by atoms with Gasteiger partial charge in [-0.2, -0.15) is 5.26 Å². The maximum Gasteiger partial charge on any atom is 0.344 e. The molecule has 4 aliphatic carbocycles. The molecular formula is C21H23NO4. The number of rotatable bonds is 6. The standard InChI is InChI=1S/C21H23NO4/c22-11-17-3-1-2-4-18(17)25-13-20(24)26-12-19(23)21-8-14-5-15(9-21)7-16(6-14)10-21/h1-4,14-16H,5-10,12-13H2. The molecule has 0 radical (unpaired) electrons. The monoisotopic (exact) mass is 353 g/mol. The summed E-state index contributed by atoms with van der Waals surface area (Å²) in [6.45, 7) is -0.457. The molecule has 26 heavy (non-hydrogen) atoms. The minimum atomic E-state index is -0.573. The molecular weight excluding hydrogens is 330 g/mol. The summed E-state index contributed by atoms with van der Waals surface area (Å²) in [6, 6.07) is 8.73. The van der Waals surface area contributed by atoms with Gasteiger partial charge in [0.2, 0.25) is 0 Å². The molecule has 5 rings (SSSR count). The minimum Gasteiger partial charge on any atom is -0.481 e. The summed E-state index contributed by atoms with van der Waals surface area (Å²) >= 11 is 0. The van der Waals surface area contributed by atoms with Crippen LogP contribution in [-0.2, 0) is 14.3 Å². The van der Waals surface area contributed by atoms with E-state index < -0.39 is 5.97 Å². The summed E-state index contributed by atoms with van der Waals surface area (Å²) in [4.78, 5) is 24.8. The zero-order valence-corrected chi connectivity index (χ0v) is 14.8. The van der Waals surface area contributed by atoms with Gasteiger partial charge in [-0.15, -0.1) is 0 Å². The Labute approximate surface area is 153 Å². The van der Waals surface area contributed by atoms with Crippen LogP contribution in [0.4, 0.5) is 0 Å².